The standard InChI is InChI=1S/C19H26N4O2.ClH/c1-13-9-23(12-16(13)20)11-15-10-22(2)21-19(15)14-4-5-17-18(8-14)25-7-3-6-24-17;/h4-5,8,10,13,16H,3,6-7,9,11-12,20H2,1-2H3;1H. The number of likely N-dealkylation sites (tertiary alicyclic amines) is 1. The van der Waals surface area contributed by atoms with Crippen LogP contribution < -0.4 is 15.2 Å². The van der Waals surface area contributed by atoms with Crippen LogP contribution in [0.2, 0.25) is 0 Å². The molecule has 1 aromatic heterocycles. The molecule has 1 fully saturated rings. The van der Waals surface area contributed by atoms with Gasteiger partial charge in [0.25, 0.3) is 0 Å². The Kier molecular flexibility index (Phi) is 5.75. The van der Waals surface area contributed by atoms with Gasteiger partial charge in [0.1, 0.15) is 0 Å². The highest BCUT2D eigenvalue weighted by Gasteiger charge is 2.27. The number of aryl methyl sites for hydroxylation is 1. The largest absolute Gasteiger partial charge is 0.490 e. The van der Waals surface area contributed by atoms with Crippen LogP contribution in [0.4, 0.5) is 0 Å². The van der Waals surface area contributed by atoms with E-state index in [1.807, 2.05) is 23.9 Å². The molecule has 1 saturated heterocycles. The van der Waals surface area contributed by atoms with Crippen molar-refractivity contribution in [2.24, 2.45) is 18.7 Å². The van der Waals surface area contributed by atoms with Crippen LogP contribution in [0, 0.1) is 5.92 Å². The molecule has 2 aromatic rings. The van der Waals surface area contributed by atoms with Gasteiger partial charge in [0, 0.05) is 56.5 Å². The second-order valence-corrected chi connectivity index (χ2v) is 7.22. The first kappa shape index (κ1) is 19.0. The predicted molar refractivity (Wildman–Crippen MR) is 104 cm³/mol. The highest BCUT2D eigenvalue weighted by Crippen LogP contribution is 2.35. The Morgan fingerprint density at radius 3 is 2.69 bits per heavy atom. The van der Waals surface area contributed by atoms with Crippen molar-refractivity contribution in [2.45, 2.75) is 25.9 Å². The predicted octanol–water partition coefficient (Wildman–Crippen LogP) is 2.45. The Bertz CT molecular complexity index is 754. The van der Waals surface area contributed by atoms with E-state index in [-0.39, 0.29) is 18.4 Å². The zero-order chi connectivity index (χ0) is 17.4. The first-order valence-corrected chi connectivity index (χ1v) is 9.00. The lowest BCUT2D eigenvalue weighted by Gasteiger charge is -2.15. The fourth-order valence-corrected chi connectivity index (χ4v) is 3.67. The normalized spacial score (nSPS) is 22.7. The molecule has 2 unspecified atom stereocenters. The molecule has 26 heavy (non-hydrogen) atoms. The van der Waals surface area contributed by atoms with Crippen LogP contribution >= 0.6 is 12.4 Å². The summed E-state index contributed by atoms with van der Waals surface area (Å²) in [4.78, 5) is 2.42. The van der Waals surface area contributed by atoms with Crippen molar-refractivity contribution in [2.75, 3.05) is 26.3 Å². The third kappa shape index (κ3) is 3.82. The fraction of sp³-hybridized carbons (Fsp3) is 0.526. The van der Waals surface area contributed by atoms with Gasteiger partial charge in [-0.15, -0.1) is 12.4 Å². The van der Waals surface area contributed by atoms with Crippen molar-refractivity contribution in [3.63, 3.8) is 0 Å². The minimum Gasteiger partial charge on any atom is -0.490 e. The van der Waals surface area contributed by atoms with Gasteiger partial charge in [0.05, 0.1) is 18.9 Å². The number of nitrogens with zero attached hydrogens (tertiary/aromatic N) is 3. The molecule has 0 amide bonds. The van der Waals surface area contributed by atoms with Crippen LogP contribution in [-0.2, 0) is 13.6 Å². The lowest BCUT2D eigenvalue weighted by Crippen LogP contribution is -2.28. The second kappa shape index (κ2) is 7.86. The molecular formula is C19H27ClN4O2. The molecule has 3 heterocycles. The molecule has 4 rings (SSSR count). The first-order valence-electron chi connectivity index (χ1n) is 9.00. The number of halogens is 1. The summed E-state index contributed by atoms with van der Waals surface area (Å²) in [6.07, 6.45) is 3.01. The van der Waals surface area contributed by atoms with Gasteiger partial charge in [-0.05, 0) is 24.1 Å². The van der Waals surface area contributed by atoms with Crippen LogP contribution in [0.25, 0.3) is 11.3 Å². The average molecular weight is 379 g/mol. The van der Waals surface area contributed by atoms with Crippen LogP contribution in [0.3, 0.4) is 0 Å². The lowest BCUT2D eigenvalue weighted by atomic mass is 10.1. The summed E-state index contributed by atoms with van der Waals surface area (Å²) >= 11 is 0. The number of benzene rings is 1. The van der Waals surface area contributed by atoms with E-state index in [1.165, 1.54) is 5.56 Å². The number of nitrogens with two attached hydrogens (primary N) is 1. The monoisotopic (exact) mass is 378 g/mol. The highest BCUT2D eigenvalue weighted by atomic mass is 35.5. The van der Waals surface area contributed by atoms with Gasteiger partial charge in [-0.2, -0.15) is 5.10 Å². The van der Waals surface area contributed by atoms with E-state index in [0.717, 1.165) is 48.8 Å². The number of hydrogen-bond donors (Lipinski definition) is 1. The zero-order valence-corrected chi connectivity index (χ0v) is 16.2. The molecular weight excluding hydrogens is 352 g/mol. The molecule has 6 nitrogen and oxygen atoms in total. The Hall–Kier alpha value is -1.76. The number of hydrogen-bond acceptors (Lipinski definition) is 5. The Labute approximate surface area is 160 Å². The number of aromatic nitrogens is 2. The molecule has 2 aliphatic heterocycles. The molecule has 7 heteroatoms. The lowest BCUT2D eigenvalue weighted by molar-refractivity contribution is 0.297. The molecule has 2 aliphatic rings. The highest BCUT2D eigenvalue weighted by molar-refractivity contribution is 5.85. The number of rotatable bonds is 3. The molecule has 0 aliphatic carbocycles. The third-order valence-electron chi connectivity index (χ3n) is 5.07. The molecule has 0 spiro atoms. The van der Waals surface area contributed by atoms with Gasteiger partial charge >= 0.3 is 0 Å². The second-order valence-electron chi connectivity index (χ2n) is 7.22. The Morgan fingerprint density at radius 1 is 1.19 bits per heavy atom. The minimum absolute atomic E-state index is 0. The van der Waals surface area contributed by atoms with Crippen molar-refractivity contribution in [3.05, 3.63) is 30.0 Å². The molecule has 2 atom stereocenters. The summed E-state index contributed by atoms with van der Waals surface area (Å²) in [6.45, 7) is 6.46. The van der Waals surface area contributed by atoms with Gasteiger partial charge in [-0.1, -0.05) is 6.92 Å². The SMILES string of the molecule is CC1CN(Cc2cn(C)nc2-c2ccc3c(c2)OCCCO3)CC1N.Cl. The molecule has 0 saturated carbocycles. The van der Waals surface area contributed by atoms with Crippen molar-refractivity contribution in [1.29, 1.82) is 0 Å². The van der Waals surface area contributed by atoms with Gasteiger partial charge in [-0.25, -0.2) is 0 Å². The topological polar surface area (TPSA) is 65.5 Å². The van der Waals surface area contributed by atoms with Gasteiger partial charge < -0.3 is 15.2 Å². The smallest absolute Gasteiger partial charge is 0.161 e. The van der Waals surface area contributed by atoms with Gasteiger partial charge in [0.15, 0.2) is 11.5 Å². The van der Waals surface area contributed by atoms with E-state index in [2.05, 4.69) is 24.1 Å². The van der Waals surface area contributed by atoms with Crippen molar-refractivity contribution >= 4 is 12.4 Å². The van der Waals surface area contributed by atoms with E-state index in [9.17, 15) is 0 Å². The van der Waals surface area contributed by atoms with E-state index in [4.69, 9.17) is 20.3 Å². The van der Waals surface area contributed by atoms with Crippen LogP contribution in [0.5, 0.6) is 11.5 Å². The van der Waals surface area contributed by atoms with Gasteiger partial charge in [-0.3, -0.25) is 9.58 Å². The molecule has 0 bridgehead atoms. The number of fused-ring (bicyclic) bond motifs is 1. The van der Waals surface area contributed by atoms with Crippen molar-refractivity contribution in [3.8, 4) is 22.8 Å². The summed E-state index contributed by atoms with van der Waals surface area (Å²) in [5.74, 6) is 2.17. The van der Waals surface area contributed by atoms with E-state index in [0.29, 0.717) is 19.1 Å². The first-order chi connectivity index (χ1) is 12.1. The maximum atomic E-state index is 6.17. The summed E-state index contributed by atoms with van der Waals surface area (Å²) in [5, 5.41) is 4.70. The van der Waals surface area contributed by atoms with E-state index < -0.39 is 0 Å². The van der Waals surface area contributed by atoms with Crippen LogP contribution in [-0.4, -0.2) is 47.0 Å². The third-order valence-corrected chi connectivity index (χ3v) is 5.07. The molecule has 142 valence electrons. The summed E-state index contributed by atoms with van der Waals surface area (Å²) < 4.78 is 13.4. The van der Waals surface area contributed by atoms with E-state index >= 15 is 0 Å². The summed E-state index contributed by atoms with van der Waals surface area (Å²) in [7, 11) is 1.97. The summed E-state index contributed by atoms with van der Waals surface area (Å²) in [5.41, 5.74) is 9.47. The fourth-order valence-electron chi connectivity index (χ4n) is 3.67. The van der Waals surface area contributed by atoms with Crippen LogP contribution in [0.15, 0.2) is 24.4 Å². The van der Waals surface area contributed by atoms with Crippen LogP contribution in [0.1, 0.15) is 18.9 Å². The maximum absolute atomic E-state index is 6.17. The summed E-state index contributed by atoms with van der Waals surface area (Å²) in [6, 6.07) is 6.36. The van der Waals surface area contributed by atoms with Crippen molar-refractivity contribution < 1.29 is 9.47 Å². The maximum Gasteiger partial charge on any atom is 0.161 e. The molecule has 1 aromatic carbocycles. The van der Waals surface area contributed by atoms with Gasteiger partial charge in [0.2, 0.25) is 0 Å². The minimum atomic E-state index is 0. The zero-order valence-electron chi connectivity index (χ0n) is 15.4. The Balaban J connectivity index is 0.00000196. The van der Waals surface area contributed by atoms with Crippen molar-refractivity contribution in [1.82, 2.24) is 14.7 Å². The Morgan fingerprint density at radius 2 is 1.96 bits per heavy atom. The average Bonchev–Trinajstić information content (AvgIpc) is 3.00. The quantitative estimate of drug-likeness (QED) is 0.888. The molecule has 0 radical (unpaired) electrons. The number of ether oxygens (including phenoxy) is 2. The van der Waals surface area contributed by atoms with E-state index in [1.54, 1.807) is 0 Å². The molecule has 2 N–H and O–H groups in total.